The van der Waals surface area contributed by atoms with Crippen LogP contribution in [0.3, 0.4) is 0 Å². The highest BCUT2D eigenvalue weighted by Crippen LogP contribution is 2.38. The van der Waals surface area contributed by atoms with Gasteiger partial charge in [0.05, 0.1) is 25.1 Å². The topological polar surface area (TPSA) is 125 Å². The van der Waals surface area contributed by atoms with Gasteiger partial charge in [-0.05, 0) is 38.7 Å². The van der Waals surface area contributed by atoms with E-state index in [2.05, 4.69) is 25.8 Å². The largest absolute Gasteiger partial charge is 0.495 e. The van der Waals surface area contributed by atoms with Crippen molar-refractivity contribution in [2.45, 2.75) is 57.2 Å². The van der Waals surface area contributed by atoms with E-state index in [4.69, 9.17) is 9.72 Å². The molecule has 3 aromatic rings. The molecule has 2 fully saturated rings. The summed E-state index contributed by atoms with van der Waals surface area (Å²) in [5.74, 6) is 2.65. The van der Waals surface area contributed by atoms with E-state index in [1.54, 1.807) is 17.6 Å². The van der Waals surface area contributed by atoms with E-state index in [9.17, 15) is 8.42 Å². The number of anilines is 3. The maximum atomic E-state index is 12.4. The van der Waals surface area contributed by atoms with Crippen molar-refractivity contribution in [1.82, 2.24) is 24.5 Å². The second kappa shape index (κ2) is 8.45. The molecular formula is C22H29N7O3S. The van der Waals surface area contributed by atoms with Gasteiger partial charge in [0, 0.05) is 41.3 Å². The van der Waals surface area contributed by atoms with Crippen molar-refractivity contribution in [3.05, 3.63) is 30.1 Å². The predicted molar refractivity (Wildman–Crippen MR) is 127 cm³/mol. The Morgan fingerprint density at radius 2 is 1.91 bits per heavy atom. The molecule has 0 saturated carbocycles. The van der Waals surface area contributed by atoms with Crippen molar-refractivity contribution < 1.29 is 13.2 Å². The number of aromatic nitrogens is 4. The van der Waals surface area contributed by atoms with E-state index in [0.717, 1.165) is 48.7 Å². The minimum absolute atomic E-state index is 0.0252. The van der Waals surface area contributed by atoms with Gasteiger partial charge in [0.15, 0.2) is 5.82 Å². The molecule has 3 aromatic heterocycles. The number of nitrogens with zero attached hydrogens (tertiary/aromatic N) is 4. The quantitative estimate of drug-likeness (QED) is 0.501. The minimum atomic E-state index is -3.22. The van der Waals surface area contributed by atoms with Crippen molar-refractivity contribution in [3.63, 3.8) is 0 Å². The SMILES string of the molecule is COc1cnc2cc(Nc3cc(C)[nH]n3)nc(NC3C[C@H]4CCC[C@@H](C3)N4S(C)(=O)=O)c2c1. The molecule has 2 bridgehead atoms. The van der Waals surface area contributed by atoms with Gasteiger partial charge in [-0.15, -0.1) is 0 Å². The van der Waals surface area contributed by atoms with Crippen molar-refractivity contribution in [2.24, 2.45) is 0 Å². The van der Waals surface area contributed by atoms with Crippen LogP contribution in [0.25, 0.3) is 10.9 Å². The smallest absolute Gasteiger partial charge is 0.211 e. The van der Waals surface area contributed by atoms with Crippen molar-refractivity contribution in [2.75, 3.05) is 24.0 Å². The Morgan fingerprint density at radius 1 is 1.15 bits per heavy atom. The molecule has 2 aliphatic rings. The minimum Gasteiger partial charge on any atom is -0.495 e. The fraction of sp³-hybridized carbons (Fsp3) is 0.500. The van der Waals surface area contributed by atoms with Crippen LogP contribution in [0.2, 0.25) is 0 Å². The number of pyridine rings is 2. The van der Waals surface area contributed by atoms with Crippen LogP contribution in [-0.4, -0.2) is 64.4 Å². The first-order chi connectivity index (χ1) is 15.8. The van der Waals surface area contributed by atoms with Gasteiger partial charge in [-0.1, -0.05) is 6.42 Å². The third kappa shape index (κ3) is 4.47. The van der Waals surface area contributed by atoms with Crippen molar-refractivity contribution in [1.29, 1.82) is 0 Å². The first-order valence-corrected chi connectivity index (χ1v) is 13.0. The number of methoxy groups -OCH3 is 1. The molecule has 2 aliphatic heterocycles. The number of aromatic amines is 1. The second-order valence-corrected chi connectivity index (χ2v) is 10.9. The lowest BCUT2D eigenvalue weighted by Crippen LogP contribution is -2.56. The Balaban J connectivity index is 1.47. The van der Waals surface area contributed by atoms with E-state index in [-0.39, 0.29) is 18.1 Å². The van der Waals surface area contributed by atoms with Crippen LogP contribution in [-0.2, 0) is 10.0 Å². The zero-order valence-electron chi connectivity index (χ0n) is 19.0. The van der Waals surface area contributed by atoms with Crippen LogP contribution in [0.5, 0.6) is 5.75 Å². The van der Waals surface area contributed by atoms with Crippen LogP contribution in [0.4, 0.5) is 17.5 Å². The van der Waals surface area contributed by atoms with Gasteiger partial charge in [0.25, 0.3) is 0 Å². The molecule has 0 spiro atoms. The molecule has 0 radical (unpaired) electrons. The first kappa shape index (κ1) is 21.9. The van der Waals surface area contributed by atoms with E-state index in [0.29, 0.717) is 23.2 Å². The summed E-state index contributed by atoms with van der Waals surface area (Å²) in [7, 11) is -1.61. The monoisotopic (exact) mass is 471 g/mol. The lowest BCUT2D eigenvalue weighted by molar-refractivity contribution is 0.116. The third-order valence-corrected chi connectivity index (χ3v) is 7.85. The average Bonchev–Trinajstić information content (AvgIpc) is 3.16. The number of fused-ring (bicyclic) bond motifs is 3. The van der Waals surface area contributed by atoms with Gasteiger partial charge >= 0.3 is 0 Å². The second-order valence-electron chi connectivity index (χ2n) is 9.00. The molecule has 10 nitrogen and oxygen atoms in total. The Bertz CT molecular complexity index is 1260. The van der Waals surface area contributed by atoms with Gasteiger partial charge < -0.3 is 15.4 Å². The molecule has 176 valence electrons. The highest BCUT2D eigenvalue weighted by atomic mass is 32.2. The molecule has 0 aromatic carbocycles. The molecule has 1 unspecified atom stereocenters. The van der Waals surface area contributed by atoms with Gasteiger partial charge in [0.2, 0.25) is 10.0 Å². The molecule has 5 heterocycles. The van der Waals surface area contributed by atoms with Crippen molar-refractivity contribution >= 4 is 38.4 Å². The summed E-state index contributed by atoms with van der Waals surface area (Å²) in [6.45, 7) is 1.94. The number of ether oxygens (including phenoxy) is 1. The Morgan fingerprint density at radius 3 is 2.55 bits per heavy atom. The first-order valence-electron chi connectivity index (χ1n) is 11.2. The number of piperidine rings is 2. The molecule has 2 saturated heterocycles. The molecule has 11 heteroatoms. The lowest BCUT2D eigenvalue weighted by Gasteiger charge is -2.47. The number of rotatable bonds is 6. The number of H-pyrrole nitrogens is 1. The van der Waals surface area contributed by atoms with Gasteiger partial charge in [-0.2, -0.15) is 9.40 Å². The fourth-order valence-electron chi connectivity index (χ4n) is 5.19. The van der Waals surface area contributed by atoms with Gasteiger partial charge in [-0.3, -0.25) is 10.1 Å². The van der Waals surface area contributed by atoms with Crippen LogP contribution in [0.15, 0.2) is 24.4 Å². The number of hydrogen-bond acceptors (Lipinski definition) is 8. The van der Waals surface area contributed by atoms with E-state index in [1.165, 1.54) is 6.26 Å². The summed E-state index contributed by atoms with van der Waals surface area (Å²) in [5, 5.41) is 14.9. The summed E-state index contributed by atoms with van der Waals surface area (Å²) in [6, 6.07) is 5.87. The van der Waals surface area contributed by atoms with Crippen LogP contribution >= 0.6 is 0 Å². The van der Waals surface area contributed by atoms with E-state index in [1.807, 2.05) is 25.1 Å². The number of hydrogen-bond donors (Lipinski definition) is 3. The number of nitrogens with one attached hydrogen (secondary N) is 3. The summed E-state index contributed by atoms with van der Waals surface area (Å²) < 4.78 is 31.9. The average molecular weight is 472 g/mol. The zero-order valence-corrected chi connectivity index (χ0v) is 19.8. The summed E-state index contributed by atoms with van der Waals surface area (Å²) in [6.07, 6.45) is 7.37. The normalized spacial score (nSPS) is 23.4. The summed E-state index contributed by atoms with van der Waals surface area (Å²) in [4.78, 5) is 9.39. The molecule has 3 atom stereocenters. The fourth-order valence-corrected chi connectivity index (χ4v) is 6.66. The Kier molecular flexibility index (Phi) is 5.61. The maximum Gasteiger partial charge on any atom is 0.211 e. The molecule has 0 amide bonds. The lowest BCUT2D eigenvalue weighted by atomic mass is 9.84. The summed E-state index contributed by atoms with van der Waals surface area (Å²) >= 11 is 0. The third-order valence-electron chi connectivity index (χ3n) is 6.48. The van der Waals surface area contributed by atoms with Crippen LogP contribution in [0.1, 0.15) is 37.8 Å². The molecular weight excluding hydrogens is 442 g/mol. The molecule has 33 heavy (non-hydrogen) atoms. The zero-order chi connectivity index (χ0) is 23.2. The molecule has 0 aliphatic carbocycles. The highest BCUT2D eigenvalue weighted by Gasteiger charge is 2.43. The predicted octanol–water partition coefficient (Wildman–Crippen LogP) is 3.17. The molecule has 3 N–H and O–H groups in total. The Labute approximate surface area is 193 Å². The van der Waals surface area contributed by atoms with Crippen LogP contribution in [0, 0.1) is 6.92 Å². The van der Waals surface area contributed by atoms with Crippen LogP contribution < -0.4 is 15.4 Å². The van der Waals surface area contributed by atoms with E-state index < -0.39 is 10.0 Å². The van der Waals surface area contributed by atoms with Gasteiger partial charge in [0.1, 0.15) is 17.4 Å². The standard InChI is InChI=1S/C22H29N7O3S/c1-13-7-21(28-27-13)25-20-11-19-18(10-17(32-2)12-23-19)22(26-20)24-14-8-15-5-4-6-16(9-14)29(15)33(3,30)31/h7,10-12,14-16H,4-6,8-9H2,1-3H3,(H3,24,25,26,27,28)/t14?,15-,16+. The van der Waals surface area contributed by atoms with Crippen molar-refractivity contribution in [3.8, 4) is 5.75 Å². The molecule has 5 rings (SSSR count). The highest BCUT2D eigenvalue weighted by molar-refractivity contribution is 7.88. The summed E-state index contributed by atoms with van der Waals surface area (Å²) in [5.41, 5.74) is 1.72. The van der Waals surface area contributed by atoms with E-state index >= 15 is 0 Å². The maximum absolute atomic E-state index is 12.4. The Hall–Kier alpha value is -2.92. The number of aryl methyl sites for hydroxylation is 1. The number of sulfonamides is 1. The van der Waals surface area contributed by atoms with Gasteiger partial charge in [-0.25, -0.2) is 13.4 Å².